The lowest BCUT2D eigenvalue weighted by Crippen LogP contribution is -2.46. The van der Waals surface area contributed by atoms with Crippen LogP contribution < -0.4 is 0 Å². The second-order valence-electron chi connectivity index (χ2n) is 4.59. The molecule has 1 saturated heterocycles. The van der Waals surface area contributed by atoms with Gasteiger partial charge in [-0.25, -0.2) is 0 Å². The van der Waals surface area contributed by atoms with Gasteiger partial charge in [-0.05, 0) is 26.0 Å². The van der Waals surface area contributed by atoms with Crippen LogP contribution >= 0.6 is 0 Å². The zero-order chi connectivity index (χ0) is 13.1. The van der Waals surface area contributed by atoms with Crippen molar-refractivity contribution in [2.45, 2.75) is 26.5 Å². The van der Waals surface area contributed by atoms with Crippen LogP contribution in [0.25, 0.3) is 0 Å². The van der Waals surface area contributed by atoms with Gasteiger partial charge in [-0.3, -0.25) is 9.48 Å². The maximum absolute atomic E-state index is 11.6. The van der Waals surface area contributed by atoms with Crippen LogP contribution in [0.5, 0.6) is 0 Å². The largest absolute Gasteiger partial charge is 0.373 e. The summed E-state index contributed by atoms with van der Waals surface area (Å²) in [5.74, 6) is -0.0309. The first kappa shape index (κ1) is 12.8. The van der Waals surface area contributed by atoms with Gasteiger partial charge in [0.05, 0.1) is 24.9 Å². The van der Waals surface area contributed by atoms with E-state index < -0.39 is 0 Å². The van der Waals surface area contributed by atoms with Crippen molar-refractivity contribution in [2.75, 3.05) is 19.7 Å². The zero-order valence-corrected chi connectivity index (χ0v) is 10.9. The van der Waals surface area contributed by atoms with Crippen LogP contribution in [0, 0.1) is 13.8 Å². The predicted molar refractivity (Wildman–Crippen MR) is 68.2 cm³/mol. The molecule has 1 unspecified atom stereocenters. The molecular weight excluding hydrogens is 230 g/mol. The lowest BCUT2D eigenvalue weighted by molar-refractivity contribution is -0.134. The van der Waals surface area contributed by atoms with Crippen LogP contribution in [-0.4, -0.2) is 46.4 Å². The smallest absolute Gasteiger partial charge is 0.246 e. The summed E-state index contributed by atoms with van der Waals surface area (Å²) in [5.41, 5.74) is 2.12. The molecule has 18 heavy (non-hydrogen) atoms. The molecule has 5 heteroatoms. The number of hydrogen-bond acceptors (Lipinski definition) is 3. The molecule has 1 aromatic heterocycles. The van der Waals surface area contributed by atoms with E-state index in [9.17, 15) is 4.79 Å². The van der Waals surface area contributed by atoms with Crippen molar-refractivity contribution in [1.82, 2.24) is 14.7 Å². The Morgan fingerprint density at radius 2 is 2.44 bits per heavy atom. The molecule has 0 N–H and O–H groups in total. The lowest BCUT2D eigenvalue weighted by atomic mass is 10.2. The number of hydrogen-bond donors (Lipinski definition) is 0. The summed E-state index contributed by atoms with van der Waals surface area (Å²) in [6, 6.07) is 2.04. The standard InChI is InChI=1S/C13H19N3O2/c1-4-13(17)15-5-6-18-12(8-15)9-16-11(3)7-10(2)14-16/h4,7,12H,1,5-6,8-9H2,2-3H3. The van der Waals surface area contributed by atoms with E-state index in [1.54, 1.807) is 4.90 Å². The fraction of sp³-hybridized carbons (Fsp3) is 0.538. The van der Waals surface area contributed by atoms with Gasteiger partial charge in [0.15, 0.2) is 0 Å². The number of carbonyl (C=O) groups is 1. The molecule has 1 amide bonds. The number of nitrogens with zero attached hydrogens (tertiary/aromatic N) is 3. The molecule has 1 fully saturated rings. The molecular formula is C13H19N3O2. The van der Waals surface area contributed by atoms with Gasteiger partial charge in [-0.15, -0.1) is 0 Å². The Morgan fingerprint density at radius 3 is 3.06 bits per heavy atom. The first-order valence-corrected chi connectivity index (χ1v) is 6.14. The van der Waals surface area contributed by atoms with E-state index in [4.69, 9.17) is 4.74 Å². The van der Waals surface area contributed by atoms with E-state index >= 15 is 0 Å². The molecule has 1 atom stereocenters. The second-order valence-corrected chi connectivity index (χ2v) is 4.59. The van der Waals surface area contributed by atoms with Crippen LogP contribution in [0.2, 0.25) is 0 Å². The van der Waals surface area contributed by atoms with Gasteiger partial charge in [-0.1, -0.05) is 6.58 Å². The van der Waals surface area contributed by atoms with Gasteiger partial charge in [-0.2, -0.15) is 5.10 Å². The molecule has 0 aromatic carbocycles. The first-order valence-electron chi connectivity index (χ1n) is 6.14. The van der Waals surface area contributed by atoms with Crippen LogP contribution in [0.3, 0.4) is 0 Å². The van der Waals surface area contributed by atoms with Crippen molar-refractivity contribution < 1.29 is 9.53 Å². The molecule has 2 heterocycles. The zero-order valence-electron chi connectivity index (χ0n) is 10.9. The van der Waals surface area contributed by atoms with Crippen molar-refractivity contribution >= 4 is 5.91 Å². The molecule has 1 aliphatic rings. The van der Waals surface area contributed by atoms with E-state index in [0.717, 1.165) is 11.4 Å². The average Bonchev–Trinajstić information content (AvgIpc) is 2.67. The molecule has 0 radical (unpaired) electrons. The fourth-order valence-electron chi connectivity index (χ4n) is 2.21. The van der Waals surface area contributed by atoms with Gasteiger partial charge in [0.1, 0.15) is 0 Å². The van der Waals surface area contributed by atoms with Crippen molar-refractivity contribution in [3.05, 3.63) is 30.1 Å². The normalized spacial score (nSPS) is 19.9. The molecule has 5 nitrogen and oxygen atoms in total. The maximum atomic E-state index is 11.6. The Labute approximate surface area is 107 Å². The van der Waals surface area contributed by atoms with E-state index in [2.05, 4.69) is 11.7 Å². The summed E-state index contributed by atoms with van der Waals surface area (Å²) >= 11 is 0. The third-order valence-electron chi connectivity index (χ3n) is 3.11. The SMILES string of the molecule is C=CC(=O)N1CCOC(Cn2nc(C)cc2C)C1. The van der Waals surface area contributed by atoms with Gasteiger partial charge < -0.3 is 9.64 Å². The van der Waals surface area contributed by atoms with E-state index in [1.165, 1.54) is 6.08 Å². The van der Waals surface area contributed by atoms with Crippen LogP contribution in [0.1, 0.15) is 11.4 Å². The highest BCUT2D eigenvalue weighted by Gasteiger charge is 2.23. The van der Waals surface area contributed by atoms with Crippen LogP contribution in [-0.2, 0) is 16.1 Å². The van der Waals surface area contributed by atoms with Gasteiger partial charge in [0, 0.05) is 18.8 Å². The number of carbonyl (C=O) groups excluding carboxylic acids is 1. The second kappa shape index (κ2) is 5.35. The fourth-order valence-corrected chi connectivity index (χ4v) is 2.21. The van der Waals surface area contributed by atoms with Crippen LogP contribution in [0.15, 0.2) is 18.7 Å². The Kier molecular flexibility index (Phi) is 3.81. The molecule has 1 aromatic rings. The van der Waals surface area contributed by atoms with Crippen molar-refractivity contribution in [3.8, 4) is 0 Å². The van der Waals surface area contributed by atoms with E-state index in [0.29, 0.717) is 26.2 Å². The number of aryl methyl sites for hydroxylation is 2. The Balaban J connectivity index is 1.99. The number of amides is 1. The molecule has 0 spiro atoms. The van der Waals surface area contributed by atoms with E-state index in [1.807, 2.05) is 24.6 Å². The first-order chi connectivity index (χ1) is 8.60. The Bertz CT molecular complexity index is 453. The van der Waals surface area contributed by atoms with Crippen molar-refractivity contribution in [2.24, 2.45) is 0 Å². The molecule has 0 bridgehead atoms. The number of ether oxygens (including phenoxy) is 1. The van der Waals surface area contributed by atoms with Crippen molar-refractivity contribution in [1.29, 1.82) is 0 Å². The molecule has 2 rings (SSSR count). The van der Waals surface area contributed by atoms with Crippen molar-refractivity contribution in [3.63, 3.8) is 0 Å². The monoisotopic (exact) mass is 249 g/mol. The quantitative estimate of drug-likeness (QED) is 0.748. The van der Waals surface area contributed by atoms with E-state index in [-0.39, 0.29) is 12.0 Å². The topological polar surface area (TPSA) is 47.4 Å². The minimum absolute atomic E-state index is 0.000602. The number of morpholine rings is 1. The number of rotatable bonds is 3. The molecule has 98 valence electrons. The highest BCUT2D eigenvalue weighted by Crippen LogP contribution is 2.10. The van der Waals surface area contributed by atoms with Gasteiger partial charge in [0.25, 0.3) is 0 Å². The maximum Gasteiger partial charge on any atom is 0.246 e. The summed E-state index contributed by atoms with van der Waals surface area (Å²) in [6.45, 7) is 10.00. The summed E-state index contributed by atoms with van der Waals surface area (Å²) in [6.07, 6.45) is 1.35. The summed E-state index contributed by atoms with van der Waals surface area (Å²) in [4.78, 5) is 13.3. The average molecular weight is 249 g/mol. The third kappa shape index (κ3) is 2.79. The predicted octanol–water partition coefficient (Wildman–Crippen LogP) is 0.913. The molecule has 0 saturated carbocycles. The summed E-state index contributed by atoms with van der Waals surface area (Å²) in [5, 5.41) is 4.41. The summed E-state index contributed by atoms with van der Waals surface area (Å²) < 4.78 is 7.61. The molecule has 1 aliphatic heterocycles. The molecule has 0 aliphatic carbocycles. The number of aromatic nitrogens is 2. The summed E-state index contributed by atoms with van der Waals surface area (Å²) in [7, 11) is 0. The lowest BCUT2D eigenvalue weighted by Gasteiger charge is -2.32. The highest BCUT2D eigenvalue weighted by atomic mass is 16.5. The van der Waals surface area contributed by atoms with Gasteiger partial charge in [0.2, 0.25) is 5.91 Å². The minimum atomic E-state index is -0.0309. The Hall–Kier alpha value is -1.62. The van der Waals surface area contributed by atoms with Gasteiger partial charge >= 0.3 is 0 Å². The minimum Gasteiger partial charge on any atom is -0.373 e. The van der Waals surface area contributed by atoms with Crippen LogP contribution in [0.4, 0.5) is 0 Å². The third-order valence-corrected chi connectivity index (χ3v) is 3.11. The Morgan fingerprint density at radius 1 is 1.67 bits per heavy atom. The highest BCUT2D eigenvalue weighted by molar-refractivity contribution is 5.87.